The minimum absolute atomic E-state index is 0.465. The van der Waals surface area contributed by atoms with Gasteiger partial charge >= 0.3 is 0 Å². The first-order valence-corrected chi connectivity index (χ1v) is 7.06. The number of allylic oxidation sites excluding steroid dienone is 1. The standard InChI is InChI=1S/C15H10ClIN2/c1-10-3-2-4-12(15(10)17)14(16)13(9-18)11-5-7-19-8-6-11/h2-8H,1H3/b14-13+. The highest BCUT2D eigenvalue weighted by molar-refractivity contribution is 14.1. The fraction of sp³-hybridized carbons (Fsp3) is 0.0667. The van der Waals surface area contributed by atoms with Crippen molar-refractivity contribution in [2.45, 2.75) is 6.92 Å². The summed E-state index contributed by atoms with van der Waals surface area (Å²) in [4.78, 5) is 3.95. The van der Waals surface area contributed by atoms with Crippen molar-refractivity contribution >= 4 is 44.8 Å². The molecule has 2 rings (SSSR count). The van der Waals surface area contributed by atoms with Gasteiger partial charge in [-0.2, -0.15) is 5.26 Å². The van der Waals surface area contributed by atoms with E-state index in [0.717, 1.165) is 20.3 Å². The molecule has 0 amide bonds. The Morgan fingerprint density at radius 3 is 2.58 bits per heavy atom. The van der Waals surface area contributed by atoms with Crippen LogP contribution in [0.4, 0.5) is 0 Å². The van der Waals surface area contributed by atoms with Gasteiger partial charge in [0.15, 0.2) is 0 Å². The highest BCUT2D eigenvalue weighted by Gasteiger charge is 2.12. The zero-order chi connectivity index (χ0) is 13.8. The van der Waals surface area contributed by atoms with Gasteiger partial charge in [-0.05, 0) is 52.8 Å². The number of benzene rings is 1. The maximum Gasteiger partial charge on any atom is 0.101 e. The normalized spacial score (nSPS) is 11.7. The summed E-state index contributed by atoms with van der Waals surface area (Å²) in [7, 11) is 0. The summed E-state index contributed by atoms with van der Waals surface area (Å²) in [5.74, 6) is 0. The Bertz CT molecular complexity index is 672. The number of rotatable bonds is 2. The van der Waals surface area contributed by atoms with Crippen molar-refractivity contribution in [3.05, 3.63) is 63.0 Å². The molecule has 2 nitrogen and oxygen atoms in total. The summed E-state index contributed by atoms with van der Waals surface area (Å²) in [5, 5.41) is 9.83. The molecular formula is C15H10ClIN2. The van der Waals surface area contributed by atoms with Gasteiger partial charge in [0.05, 0.1) is 10.6 Å². The molecule has 0 unspecified atom stereocenters. The molecule has 0 aliphatic carbocycles. The molecule has 0 aliphatic heterocycles. The van der Waals surface area contributed by atoms with Crippen molar-refractivity contribution in [2.24, 2.45) is 0 Å². The van der Waals surface area contributed by atoms with Gasteiger partial charge in [0.25, 0.3) is 0 Å². The predicted molar refractivity (Wildman–Crippen MR) is 86.4 cm³/mol. The summed E-state index contributed by atoms with van der Waals surface area (Å²) in [5.41, 5.74) is 3.27. The summed E-state index contributed by atoms with van der Waals surface area (Å²) in [6, 6.07) is 11.6. The number of aryl methyl sites for hydroxylation is 1. The third-order valence-corrected chi connectivity index (χ3v) is 4.55. The van der Waals surface area contributed by atoms with Gasteiger partial charge in [-0.25, -0.2) is 0 Å². The van der Waals surface area contributed by atoms with Crippen LogP contribution in [0.5, 0.6) is 0 Å². The van der Waals surface area contributed by atoms with Gasteiger partial charge in [0.1, 0.15) is 6.07 Å². The smallest absolute Gasteiger partial charge is 0.101 e. The van der Waals surface area contributed by atoms with Crippen LogP contribution in [0.25, 0.3) is 10.6 Å². The topological polar surface area (TPSA) is 36.7 Å². The second-order valence-corrected chi connectivity index (χ2v) is 5.43. The van der Waals surface area contributed by atoms with E-state index >= 15 is 0 Å². The average Bonchev–Trinajstić information content (AvgIpc) is 2.44. The Kier molecular flexibility index (Phi) is 4.56. The van der Waals surface area contributed by atoms with Gasteiger partial charge in [-0.3, -0.25) is 4.98 Å². The van der Waals surface area contributed by atoms with Crippen LogP contribution in [-0.4, -0.2) is 4.98 Å². The SMILES string of the molecule is Cc1cccc(/C(Cl)=C(/C#N)c2ccncc2)c1I. The van der Waals surface area contributed by atoms with Crippen molar-refractivity contribution in [3.8, 4) is 6.07 Å². The maximum absolute atomic E-state index is 9.36. The Labute approximate surface area is 130 Å². The summed E-state index contributed by atoms with van der Waals surface area (Å²) < 4.78 is 1.06. The first kappa shape index (κ1) is 14.0. The lowest BCUT2D eigenvalue weighted by Crippen LogP contribution is -1.91. The van der Waals surface area contributed by atoms with E-state index < -0.39 is 0 Å². The molecule has 0 spiro atoms. The van der Waals surface area contributed by atoms with Crippen LogP contribution < -0.4 is 0 Å². The zero-order valence-corrected chi connectivity index (χ0v) is 13.1. The molecule has 0 atom stereocenters. The minimum atomic E-state index is 0.465. The lowest BCUT2D eigenvalue weighted by molar-refractivity contribution is 1.32. The molecule has 94 valence electrons. The fourth-order valence-electron chi connectivity index (χ4n) is 1.71. The Morgan fingerprint density at radius 2 is 1.95 bits per heavy atom. The summed E-state index contributed by atoms with van der Waals surface area (Å²) in [6.07, 6.45) is 3.30. The third-order valence-electron chi connectivity index (χ3n) is 2.73. The molecule has 0 saturated carbocycles. The fourth-order valence-corrected chi connectivity index (χ4v) is 2.81. The average molecular weight is 381 g/mol. The van der Waals surface area contributed by atoms with E-state index in [0.29, 0.717) is 10.6 Å². The van der Waals surface area contributed by atoms with Crippen LogP contribution >= 0.6 is 34.2 Å². The molecule has 2 aromatic rings. The Balaban J connectivity index is 2.63. The number of halogens is 2. The highest BCUT2D eigenvalue weighted by atomic mass is 127. The largest absolute Gasteiger partial charge is 0.265 e. The number of aromatic nitrogens is 1. The first-order chi connectivity index (χ1) is 9.15. The van der Waals surface area contributed by atoms with Crippen LogP contribution in [0.2, 0.25) is 0 Å². The van der Waals surface area contributed by atoms with Crippen molar-refractivity contribution in [3.63, 3.8) is 0 Å². The molecule has 0 saturated heterocycles. The lowest BCUT2D eigenvalue weighted by atomic mass is 10.0. The summed E-state index contributed by atoms with van der Waals surface area (Å²) in [6.45, 7) is 2.02. The first-order valence-electron chi connectivity index (χ1n) is 5.61. The molecule has 1 aromatic heterocycles. The van der Waals surface area contributed by atoms with Gasteiger partial charge in [0, 0.05) is 21.5 Å². The summed E-state index contributed by atoms with van der Waals surface area (Å²) >= 11 is 8.66. The van der Waals surface area contributed by atoms with Gasteiger partial charge in [-0.1, -0.05) is 29.8 Å². The molecule has 1 aromatic carbocycles. The van der Waals surface area contributed by atoms with Gasteiger partial charge in [0.2, 0.25) is 0 Å². The lowest BCUT2D eigenvalue weighted by Gasteiger charge is -2.08. The van der Waals surface area contributed by atoms with Crippen LogP contribution in [0.15, 0.2) is 42.7 Å². The van der Waals surface area contributed by atoms with E-state index in [1.807, 2.05) is 25.1 Å². The minimum Gasteiger partial charge on any atom is -0.265 e. The molecule has 4 heteroatoms. The van der Waals surface area contributed by atoms with E-state index in [1.54, 1.807) is 24.5 Å². The van der Waals surface area contributed by atoms with Gasteiger partial charge in [-0.15, -0.1) is 0 Å². The number of pyridine rings is 1. The van der Waals surface area contributed by atoms with Crippen LogP contribution in [0.3, 0.4) is 0 Å². The van der Waals surface area contributed by atoms with Crippen LogP contribution in [-0.2, 0) is 0 Å². The van der Waals surface area contributed by atoms with Crippen molar-refractivity contribution in [1.82, 2.24) is 4.98 Å². The third kappa shape index (κ3) is 2.96. The molecular weight excluding hydrogens is 371 g/mol. The number of hydrogen-bond donors (Lipinski definition) is 0. The number of nitrogens with zero attached hydrogens (tertiary/aromatic N) is 2. The second kappa shape index (κ2) is 6.18. The molecule has 19 heavy (non-hydrogen) atoms. The molecule has 0 radical (unpaired) electrons. The van der Waals surface area contributed by atoms with Gasteiger partial charge < -0.3 is 0 Å². The Hall–Kier alpha value is -1.38. The van der Waals surface area contributed by atoms with Crippen molar-refractivity contribution in [1.29, 1.82) is 5.26 Å². The second-order valence-electron chi connectivity index (χ2n) is 3.97. The molecule has 0 N–H and O–H groups in total. The molecule has 0 aliphatic rings. The van der Waals surface area contributed by atoms with Crippen LogP contribution in [0.1, 0.15) is 16.7 Å². The monoisotopic (exact) mass is 380 g/mol. The van der Waals surface area contributed by atoms with Crippen LogP contribution in [0, 0.1) is 21.8 Å². The van der Waals surface area contributed by atoms with E-state index in [-0.39, 0.29) is 0 Å². The van der Waals surface area contributed by atoms with E-state index in [4.69, 9.17) is 11.6 Å². The maximum atomic E-state index is 9.36. The molecule has 0 fully saturated rings. The molecule has 0 bridgehead atoms. The van der Waals surface area contributed by atoms with E-state index in [9.17, 15) is 5.26 Å². The zero-order valence-electron chi connectivity index (χ0n) is 10.2. The van der Waals surface area contributed by atoms with Crippen molar-refractivity contribution < 1.29 is 0 Å². The highest BCUT2D eigenvalue weighted by Crippen LogP contribution is 2.32. The van der Waals surface area contributed by atoms with Crippen molar-refractivity contribution in [2.75, 3.05) is 0 Å². The Morgan fingerprint density at radius 1 is 1.26 bits per heavy atom. The number of nitriles is 1. The number of hydrogen-bond acceptors (Lipinski definition) is 2. The quantitative estimate of drug-likeness (QED) is 0.563. The molecule has 1 heterocycles. The predicted octanol–water partition coefficient (Wildman–Crippen LogP) is 4.63. The van der Waals surface area contributed by atoms with E-state index in [1.165, 1.54) is 0 Å². The van der Waals surface area contributed by atoms with E-state index in [2.05, 4.69) is 33.6 Å².